The fourth-order valence-corrected chi connectivity index (χ4v) is 4.64. The molecule has 0 bridgehead atoms. The van der Waals surface area contributed by atoms with Crippen molar-refractivity contribution in [3.8, 4) is 0 Å². The summed E-state index contributed by atoms with van der Waals surface area (Å²) < 4.78 is 44.0. The van der Waals surface area contributed by atoms with Gasteiger partial charge in [-0.2, -0.15) is 13.2 Å². The van der Waals surface area contributed by atoms with Gasteiger partial charge >= 0.3 is 12.1 Å². The van der Waals surface area contributed by atoms with E-state index in [0.29, 0.717) is 0 Å². The van der Waals surface area contributed by atoms with Crippen molar-refractivity contribution in [2.24, 2.45) is 0 Å². The number of methoxy groups -OCH3 is 1. The lowest BCUT2D eigenvalue weighted by Gasteiger charge is -2.47. The molecule has 11 heteroatoms. The van der Waals surface area contributed by atoms with E-state index in [1.165, 1.54) is 16.9 Å². The molecule has 0 aromatic heterocycles. The number of aliphatic hydroxyl groups excluding tert-OH is 2. The minimum atomic E-state index is -5.22. The van der Waals surface area contributed by atoms with E-state index in [-0.39, 0.29) is 25.4 Å². The molecule has 37 heavy (non-hydrogen) atoms. The Bertz CT molecular complexity index is 1160. The molecule has 2 aromatic carbocycles. The number of amides is 2. The van der Waals surface area contributed by atoms with Crippen LogP contribution in [0.25, 0.3) is 0 Å². The number of piperazine rings is 1. The van der Waals surface area contributed by atoms with Crippen molar-refractivity contribution >= 4 is 11.8 Å². The summed E-state index contributed by atoms with van der Waals surface area (Å²) in [5, 5.41) is 23.0. The Morgan fingerprint density at radius 2 is 1.68 bits per heavy atom. The number of rotatable bonds is 7. The first-order valence-electron chi connectivity index (χ1n) is 11.5. The molecule has 196 valence electrons. The highest BCUT2D eigenvalue weighted by Gasteiger charge is 2.47. The number of ether oxygens (including phenoxy) is 1. The molecule has 2 atom stereocenters. The van der Waals surface area contributed by atoms with Crippen LogP contribution in [0.15, 0.2) is 84.0 Å². The highest BCUT2D eigenvalue weighted by Crippen LogP contribution is 2.39. The predicted octanol–water partition coefficient (Wildman–Crippen LogP) is 2.64. The summed E-state index contributed by atoms with van der Waals surface area (Å²) in [5.74, 6) is -4.19. The van der Waals surface area contributed by atoms with Gasteiger partial charge in [0.1, 0.15) is 5.70 Å². The topological polar surface area (TPSA) is 102 Å². The van der Waals surface area contributed by atoms with E-state index in [0.717, 1.165) is 17.3 Å². The zero-order chi connectivity index (χ0) is 26.7. The number of aliphatic hydroxyl groups is 2. The van der Waals surface area contributed by atoms with Crippen LogP contribution in [-0.2, 0) is 14.3 Å². The molecule has 1 unspecified atom stereocenters. The number of carbonyl (C=O) groups excluding carboxylic acids is 2. The molecule has 0 spiro atoms. The van der Waals surface area contributed by atoms with Gasteiger partial charge in [-0.15, -0.1) is 0 Å². The van der Waals surface area contributed by atoms with Crippen LogP contribution < -0.4 is 5.32 Å². The predicted molar refractivity (Wildman–Crippen MR) is 127 cm³/mol. The molecule has 1 saturated heterocycles. The zero-order valence-electron chi connectivity index (χ0n) is 19.9. The maximum atomic E-state index is 13.4. The van der Waals surface area contributed by atoms with Gasteiger partial charge in [-0.1, -0.05) is 60.7 Å². The summed E-state index contributed by atoms with van der Waals surface area (Å²) in [6.07, 6.45) is -6.15. The Kier molecular flexibility index (Phi) is 7.55. The maximum absolute atomic E-state index is 13.4. The SMILES string of the molecule is COCCN1C[C@H](C(c2ccccc2)c2ccccc2)N2C=C(NC(=O)C(F)(F)F)C(O)C(O)=C2C1=O. The second-order valence-electron chi connectivity index (χ2n) is 8.69. The molecular weight excluding hydrogens is 491 g/mol. The van der Waals surface area contributed by atoms with Gasteiger partial charge in [0.15, 0.2) is 11.9 Å². The highest BCUT2D eigenvalue weighted by molar-refractivity contribution is 5.95. The van der Waals surface area contributed by atoms with E-state index in [1.807, 2.05) is 60.7 Å². The Hall–Kier alpha value is -3.83. The molecule has 4 rings (SSSR count). The van der Waals surface area contributed by atoms with Gasteiger partial charge in [0, 0.05) is 32.3 Å². The molecule has 2 heterocycles. The fraction of sp³-hybridized carbons (Fsp3) is 0.308. The lowest BCUT2D eigenvalue weighted by molar-refractivity contribution is -0.173. The van der Waals surface area contributed by atoms with Gasteiger partial charge < -0.3 is 30.1 Å². The van der Waals surface area contributed by atoms with Crippen molar-refractivity contribution < 1.29 is 37.7 Å². The van der Waals surface area contributed by atoms with Crippen molar-refractivity contribution in [3.05, 3.63) is 95.1 Å². The van der Waals surface area contributed by atoms with Gasteiger partial charge in [-0.25, -0.2) is 0 Å². The lowest BCUT2D eigenvalue weighted by Crippen LogP contribution is -2.58. The molecule has 8 nitrogen and oxygen atoms in total. The van der Waals surface area contributed by atoms with Crippen LogP contribution in [0.4, 0.5) is 13.2 Å². The normalized spacial score (nSPS) is 20.2. The number of carbonyl (C=O) groups is 2. The van der Waals surface area contributed by atoms with E-state index in [4.69, 9.17) is 4.74 Å². The molecule has 0 radical (unpaired) electrons. The summed E-state index contributed by atoms with van der Waals surface area (Å²) in [4.78, 5) is 27.8. The first-order valence-corrected chi connectivity index (χ1v) is 11.5. The third-order valence-electron chi connectivity index (χ3n) is 6.37. The summed E-state index contributed by atoms with van der Waals surface area (Å²) in [5.41, 5.74) is 0.853. The molecule has 2 amide bonds. The van der Waals surface area contributed by atoms with Crippen LogP contribution in [0.1, 0.15) is 17.0 Å². The largest absolute Gasteiger partial charge is 0.507 e. The zero-order valence-corrected chi connectivity index (χ0v) is 19.9. The average Bonchev–Trinajstić information content (AvgIpc) is 2.88. The van der Waals surface area contributed by atoms with E-state index >= 15 is 0 Å². The van der Waals surface area contributed by atoms with E-state index in [9.17, 15) is 33.0 Å². The van der Waals surface area contributed by atoms with Gasteiger partial charge in [0.05, 0.1) is 18.3 Å². The highest BCUT2D eigenvalue weighted by atomic mass is 19.4. The van der Waals surface area contributed by atoms with Crippen molar-refractivity contribution in [3.63, 3.8) is 0 Å². The Morgan fingerprint density at radius 1 is 1.11 bits per heavy atom. The summed E-state index contributed by atoms with van der Waals surface area (Å²) >= 11 is 0. The quantitative estimate of drug-likeness (QED) is 0.522. The maximum Gasteiger partial charge on any atom is 0.471 e. The third-order valence-corrected chi connectivity index (χ3v) is 6.37. The standard InChI is InChI=1S/C26H26F3N3O5/c1-37-13-12-31-15-19(20(16-8-4-2-5-9-16)17-10-6-3-7-11-17)32-14-18(30-25(36)26(27,28)29)22(33)23(34)21(32)24(31)35/h2-11,14,19-20,22,33-34H,12-13,15H2,1H3,(H,30,36)/t19-,22?/m1/s1. The average molecular weight is 518 g/mol. The monoisotopic (exact) mass is 517 g/mol. The molecule has 2 aliphatic heterocycles. The van der Waals surface area contributed by atoms with Gasteiger partial charge in [-0.3, -0.25) is 9.59 Å². The molecule has 2 aromatic rings. The third kappa shape index (κ3) is 5.32. The second-order valence-corrected chi connectivity index (χ2v) is 8.69. The van der Waals surface area contributed by atoms with E-state index in [1.54, 1.807) is 5.32 Å². The second kappa shape index (κ2) is 10.7. The van der Waals surface area contributed by atoms with Crippen molar-refractivity contribution in [2.45, 2.75) is 24.2 Å². The smallest absolute Gasteiger partial charge is 0.471 e. The van der Waals surface area contributed by atoms with Crippen LogP contribution in [0.3, 0.4) is 0 Å². The Balaban J connectivity index is 1.85. The number of halogens is 3. The number of alkyl halides is 3. The van der Waals surface area contributed by atoms with Crippen molar-refractivity contribution in [1.82, 2.24) is 15.1 Å². The molecule has 3 N–H and O–H groups in total. The number of nitrogens with one attached hydrogen (secondary N) is 1. The molecule has 1 fully saturated rings. The minimum Gasteiger partial charge on any atom is -0.507 e. The van der Waals surface area contributed by atoms with Crippen LogP contribution >= 0.6 is 0 Å². The Morgan fingerprint density at radius 3 is 2.19 bits per heavy atom. The molecule has 0 aliphatic carbocycles. The van der Waals surface area contributed by atoms with E-state index in [2.05, 4.69) is 0 Å². The van der Waals surface area contributed by atoms with Gasteiger partial charge in [0.2, 0.25) is 0 Å². The van der Waals surface area contributed by atoms with Gasteiger partial charge in [-0.05, 0) is 11.1 Å². The lowest BCUT2D eigenvalue weighted by atomic mass is 9.82. The number of hydrogen-bond acceptors (Lipinski definition) is 6. The number of fused-ring (bicyclic) bond motifs is 1. The summed E-state index contributed by atoms with van der Waals surface area (Å²) in [7, 11) is 1.48. The summed E-state index contributed by atoms with van der Waals surface area (Å²) in [6.45, 7) is 0.518. The first-order chi connectivity index (χ1) is 17.6. The van der Waals surface area contributed by atoms with Crippen molar-refractivity contribution in [2.75, 3.05) is 26.8 Å². The van der Waals surface area contributed by atoms with Crippen LogP contribution in [0.5, 0.6) is 0 Å². The Labute approximate surface area is 211 Å². The number of hydrogen-bond donors (Lipinski definition) is 3. The summed E-state index contributed by atoms with van der Waals surface area (Å²) in [6, 6.07) is 18.0. The molecular formula is C26H26F3N3O5. The number of benzene rings is 2. The van der Waals surface area contributed by atoms with E-state index < -0.39 is 47.5 Å². The molecule has 0 saturated carbocycles. The van der Waals surface area contributed by atoms with Crippen LogP contribution in [-0.4, -0.2) is 77.0 Å². The van der Waals surface area contributed by atoms with Crippen LogP contribution in [0, 0.1) is 0 Å². The minimum absolute atomic E-state index is 0.126. The van der Waals surface area contributed by atoms with Crippen LogP contribution in [0.2, 0.25) is 0 Å². The molecule has 2 aliphatic rings. The van der Waals surface area contributed by atoms with Gasteiger partial charge in [0.25, 0.3) is 5.91 Å². The van der Waals surface area contributed by atoms with Crippen molar-refractivity contribution in [1.29, 1.82) is 0 Å². The fourth-order valence-electron chi connectivity index (χ4n) is 4.64. The number of nitrogens with zero attached hydrogens (tertiary/aromatic N) is 2. The first kappa shape index (κ1) is 26.2.